The maximum absolute atomic E-state index is 11.9. The van der Waals surface area contributed by atoms with Crippen LogP contribution in [-0.4, -0.2) is 35.9 Å². The van der Waals surface area contributed by atoms with Gasteiger partial charge in [-0.25, -0.2) is 14.6 Å². The van der Waals surface area contributed by atoms with Gasteiger partial charge in [0.1, 0.15) is 18.5 Å². The summed E-state index contributed by atoms with van der Waals surface area (Å²) in [5, 5.41) is 13.2. The minimum atomic E-state index is -0.358. The van der Waals surface area contributed by atoms with E-state index in [1.807, 2.05) is 12.1 Å². The molecule has 8 nitrogen and oxygen atoms in total. The Labute approximate surface area is 113 Å². The fourth-order valence-electron chi connectivity index (χ4n) is 1.67. The van der Waals surface area contributed by atoms with E-state index >= 15 is 0 Å². The molecule has 1 amide bonds. The number of nitrogens with zero attached hydrogens (tertiary/aromatic N) is 5. The molecule has 0 spiro atoms. The lowest BCUT2D eigenvalue weighted by Crippen LogP contribution is -2.13. The fourth-order valence-corrected chi connectivity index (χ4v) is 1.67. The van der Waals surface area contributed by atoms with Crippen molar-refractivity contribution >= 4 is 11.6 Å². The second-order valence-corrected chi connectivity index (χ2v) is 4.09. The maximum Gasteiger partial charge on any atom is 0.295 e. The summed E-state index contributed by atoms with van der Waals surface area (Å²) in [6, 6.07) is 7.20. The highest BCUT2D eigenvalue weighted by molar-refractivity contribution is 6.01. The van der Waals surface area contributed by atoms with E-state index in [1.54, 1.807) is 30.1 Å². The molecule has 0 unspecified atom stereocenters. The average molecular weight is 269 g/mol. The topological polar surface area (TPSA) is 101 Å². The van der Waals surface area contributed by atoms with E-state index in [4.69, 9.17) is 0 Å². The van der Waals surface area contributed by atoms with Crippen molar-refractivity contribution in [2.75, 3.05) is 5.32 Å². The number of carbonyl (C=O) groups excluding carboxylic acids is 1. The molecule has 20 heavy (non-hydrogen) atoms. The number of hydrogen-bond donors (Lipinski definition) is 2. The highest BCUT2D eigenvalue weighted by Gasteiger charge is 2.11. The Bertz CT molecular complexity index is 715. The number of nitrogens with one attached hydrogen (secondary N) is 2. The van der Waals surface area contributed by atoms with Gasteiger partial charge >= 0.3 is 0 Å². The van der Waals surface area contributed by atoms with E-state index in [0.717, 1.165) is 5.69 Å². The van der Waals surface area contributed by atoms with Crippen molar-refractivity contribution in [2.45, 2.75) is 6.92 Å². The van der Waals surface area contributed by atoms with Gasteiger partial charge in [0, 0.05) is 5.69 Å². The predicted octanol–water partition coefficient (Wildman–Crippen LogP) is 0.946. The first kappa shape index (κ1) is 12.0. The molecule has 8 heteroatoms. The Morgan fingerprint density at radius 1 is 1.30 bits per heavy atom. The second-order valence-electron chi connectivity index (χ2n) is 4.09. The van der Waals surface area contributed by atoms with Crippen LogP contribution >= 0.6 is 0 Å². The van der Waals surface area contributed by atoms with Crippen LogP contribution in [0.25, 0.3) is 5.69 Å². The van der Waals surface area contributed by atoms with Crippen molar-refractivity contribution < 1.29 is 4.79 Å². The lowest BCUT2D eigenvalue weighted by Gasteiger charge is -2.04. The van der Waals surface area contributed by atoms with Crippen LogP contribution in [0.2, 0.25) is 0 Å². The summed E-state index contributed by atoms with van der Waals surface area (Å²) >= 11 is 0. The molecule has 2 N–H and O–H groups in total. The summed E-state index contributed by atoms with van der Waals surface area (Å²) in [7, 11) is 0. The Kier molecular flexibility index (Phi) is 2.96. The summed E-state index contributed by atoms with van der Waals surface area (Å²) in [5.74, 6) is 0.349. The first-order valence-electron chi connectivity index (χ1n) is 5.88. The third kappa shape index (κ3) is 2.39. The molecule has 0 bridgehead atoms. The molecule has 0 saturated heterocycles. The number of aromatic amines is 1. The van der Waals surface area contributed by atoms with Crippen molar-refractivity contribution in [3.63, 3.8) is 0 Å². The zero-order chi connectivity index (χ0) is 13.9. The number of aromatic nitrogens is 6. The largest absolute Gasteiger partial charge is 0.319 e. The van der Waals surface area contributed by atoms with Crippen molar-refractivity contribution in [1.29, 1.82) is 0 Å². The predicted molar refractivity (Wildman–Crippen MR) is 70.4 cm³/mol. The Morgan fingerprint density at radius 3 is 2.70 bits per heavy atom. The molecule has 100 valence electrons. The van der Waals surface area contributed by atoms with Crippen molar-refractivity contribution in [2.24, 2.45) is 0 Å². The van der Waals surface area contributed by atoms with Gasteiger partial charge in [0.15, 0.2) is 0 Å². The van der Waals surface area contributed by atoms with Crippen molar-refractivity contribution in [3.05, 3.63) is 48.6 Å². The van der Waals surface area contributed by atoms with Gasteiger partial charge in [-0.05, 0) is 31.2 Å². The molecule has 2 heterocycles. The Balaban J connectivity index is 1.74. The number of aryl methyl sites for hydroxylation is 1. The number of amides is 1. The van der Waals surface area contributed by atoms with Gasteiger partial charge in [-0.15, -0.1) is 5.10 Å². The highest BCUT2D eigenvalue weighted by Crippen LogP contribution is 2.12. The minimum absolute atomic E-state index is 0.114. The SMILES string of the molecule is Cc1nc(C(=O)Nc2ccc(-n3cncn3)cc2)n[nH]1. The summed E-state index contributed by atoms with van der Waals surface area (Å²) in [6.07, 6.45) is 3.06. The molecule has 0 aliphatic heterocycles. The minimum Gasteiger partial charge on any atom is -0.319 e. The van der Waals surface area contributed by atoms with Gasteiger partial charge in [0.05, 0.1) is 5.69 Å². The number of benzene rings is 1. The van der Waals surface area contributed by atoms with E-state index in [0.29, 0.717) is 11.5 Å². The van der Waals surface area contributed by atoms with Gasteiger partial charge in [0.2, 0.25) is 5.82 Å². The van der Waals surface area contributed by atoms with E-state index in [9.17, 15) is 4.79 Å². The Hall–Kier alpha value is -3.03. The third-order valence-electron chi connectivity index (χ3n) is 2.61. The van der Waals surface area contributed by atoms with E-state index in [2.05, 4.69) is 30.6 Å². The standard InChI is InChI=1S/C12H11N7O/c1-8-15-11(18-17-8)12(20)16-9-2-4-10(5-3-9)19-7-13-6-14-19/h2-7H,1H3,(H,16,20)(H,15,17,18). The molecule has 0 atom stereocenters. The third-order valence-corrected chi connectivity index (χ3v) is 2.61. The van der Waals surface area contributed by atoms with Crippen molar-refractivity contribution in [1.82, 2.24) is 29.9 Å². The summed E-state index contributed by atoms with van der Waals surface area (Å²) in [6.45, 7) is 1.73. The summed E-state index contributed by atoms with van der Waals surface area (Å²) in [5.41, 5.74) is 1.51. The van der Waals surface area contributed by atoms with Crippen LogP contribution in [0.1, 0.15) is 16.4 Å². The molecule has 0 aliphatic rings. The quantitative estimate of drug-likeness (QED) is 0.737. The molecule has 0 aliphatic carbocycles. The zero-order valence-electron chi connectivity index (χ0n) is 10.6. The molecule has 0 radical (unpaired) electrons. The monoisotopic (exact) mass is 269 g/mol. The molecule has 3 rings (SSSR count). The molecular weight excluding hydrogens is 258 g/mol. The smallest absolute Gasteiger partial charge is 0.295 e. The molecule has 3 aromatic rings. The molecular formula is C12H11N7O. The first-order chi connectivity index (χ1) is 9.72. The average Bonchev–Trinajstić information content (AvgIpc) is 3.10. The first-order valence-corrected chi connectivity index (χ1v) is 5.88. The number of rotatable bonds is 3. The highest BCUT2D eigenvalue weighted by atomic mass is 16.2. The van der Waals surface area contributed by atoms with Crippen LogP contribution in [0.3, 0.4) is 0 Å². The van der Waals surface area contributed by atoms with Crippen LogP contribution in [-0.2, 0) is 0 Å². The van der Waals surface area contributed by atoms with E-state index < -0.39 is 0 Å². The summed E-state index contributed by atoms with van der Waals surface area (Å²) in [4.78, 5) is 19.7. The van der Waals surface area contributed by atoms with Crippen LogP contribution in [0.4, 0.5) is 5.69 Å². The normalized spacial score (nSPS) is 10.4. The van der Waals surface area contributed by atoms with E-state index in [-0.39, 0.29) is 11.7 Å². The fraction of sp³-hybridized carbons (Fsp3) is 0.0833. The van der Waals surface area contributed by atoms with Gasteiger partial charge < -0.3 is 5.32 Å². The molecule has 1 aromatic carbocycles. The second kappa shape index (κ2) is 4.92. The lowest BCUT2D eigenvalue weighted by atomic mass is 10.3. The van der Waals surface area contributed by atoms with Crippen molar-refractivity contribution in [3.8, 4) is 5.69 Å². The van der Waals surface area contributed by atoms with Crippen LogP contribution in [0, 0.1) is 6.92 Å². The van der Waals surface area contributed by atoms with E-state index in [1.165, 1.54) is 6.33 Å². The molecule has 0 fully saturated rings. The van der Waals surface area contributed by atoms with Gasteiger partial charge in [-0.1, -0.05) is 0 Å². The number of carbonyl (C=O) groups is 1. The maximum atomic E-state index is 11.9. The number of H-pyrrole nitrogens is 1. The zero-order valence-corrected chi connectivity index (χ0v) is 10.6. The number of hydrogen-bond acceptors (Lipinski definition) is 5. The summed E-state index contributed by atoms with van der Waals surface area (Å²) < 4.78 is 1.63. The molecule has 2 aromatic heterocycles. The van der Waals surface area contributed by atoms with Gasteiger partial charge in [0.25, 0.3) is 5.91 Å². The van der Waals surface area contributed by atoms with Crippen LogP contribution < -0.4 is 5.32 Å². The van der Waals surface area contributed by atoms with Crippen LogP contribution in [0.15, 0.2) is 36.9 Å². The van der Waals surface area contributed by atoms with Crippen LogP contribution in [0.5, 0.6) is 0 Å². The molecule has 0 saturated carbocycles. The lowest BCUT2D eigenvalue weighted by molar-refractivity contribution is 0.101. The Morgan fingerprint density at radius 2 is 2.10 bits per heavy atom. The van der Waals surface area contributed by atoms with Gasteiger partial charge in [-0.2, -0.15) is 5.10 Å². The van der Waals surface area contributed by atoms with Gasteiger partial charge in [-0.3, -0.25) is 9.89 Å². The number of anilines is 1.